The predicted octanol–water partition coefficient (Wildman–Crippen LogP) is 0.999. The molecule has 1 atom stereocenters. The van der Waals surface area contributed by atoms with Crippen LogP contribution in [-0.2, 0) is 4.79 Å². The quantitative estimate of drug-likeness (QED) is 0.405. The van der Waals surface area contributed by atoms with Crippen LogP contribution >= 0.6 is 35.7 Å². The van der Waals surface area contributed by atoms with Gasteiger partial charge in [-0.15, -0.1) is 24.0 Å². The van der Waals surface area contributed by atoms with E-state index in [0.29, 0.717) is 11.2 Å². The SMILES string of the molecule is CCNC(=NCC(=O)N(C)C)NCC(C)SC.I. The van der Waals surface area contributed by atoms with Gasteiger partial charge < -0.3 is 15.5 Å². The second-order valence-corrected chi connectivity index (χ2v) is 5.19. The van der Waals surface area contributed by atoms with E-state index < -0.39 is 0 Å². The summed E-state index contributed by atoms with van der Waals surface area (Å²) in [4.78, 5) is 17.2. The van der Waals surface area contributed by atoms with Crippen LogP contribution in [0.25, 0.3) is 0 Å². The van der Waals surface area contributed by atoms with Crippen molar-refractivity contribution in [3.8, 4) is 0 Å². The fraction of sp³-hybridized carbons (Fsp3) is 0.818. The standard InChI is InChI=1S/C11H24N4OS.HI/c1-6-12-11(13-7-9(2)17-5)14-8-10(16)15(3)4;/h9H,6-8H2,1-5H3,(H2,12,13,14);1H. The van der Waals surface area contributed by atoms with Crippen molar-refractivity contribution in [1.82, 2.24) is 15.5 Å². The van der Waals surface area contributed by atoms with Crippen molar-refractivity contribution in [1.29, 1.82) is 0 Å². The molecular formula is C11H25IN4OS. The van der Waals surface area contributed by atoms with Crippen LogP contribution in [0, 0.1) is 0 Å². The number of aliphatic imine (C=N–C) groups is 1. The number of hydrogen-bond donors (Lipinski definition) is 2. The molecule has 0 spiro atoms. The Bertz CT molecular complexity index is 261. The molecule has 5 nitrogen and oxygen atoms in total. The zero-order valence-corrected chi connectivity index (χ0v) is 15.0. The smallest absolute Gasteiger partial charge is 0.243 e. The van der Waals surface area contributed by atoms with Crippen molar-refractivity contribution >= 4 is 47.6 Å². The Morgan fingerprint density at radius 3 is 2.44 bits per heavy atom. The highest BCUT2D eigenvalue weighted by Crippen LogP contribution is 2.02. The fourth-order valence-electron chi connectivity index (χ4n) is 0.954. The summed E-state index contributed by atoms with van der Waals surface area (Å²) >= 11 is 1.79. The molecule has 0 saturated carbocycles. The van der Waals surface area contributed by atoms with Gasteiger partial charge in [0.15, 0.2) is 5.96 Å². The van der Waals surface area contributed by atoms with E-state index in [9.17, 15) is 4.79 Å². The Balaban J connectivity index is 0. The molecule has 0 bridgehead atoms. The summed E-state index contributed by atoms with van der Waals surface area (Å²) in [5.74, 6) is 0.698. The number of nitrogens with one attached hydrogen (secondary N) is 2. The minimum absolute atomic E-state index is 0. The lowest BCUT2D eigenvalue weighted by Crippen LogP contribution is -2.40. The Hall–Kier alpha value is -0.180. The molecule has 0 aromatic carbocycles. The highest BCUT2D eigenvalue weighted by Gasteiger charge is 2.05. The molecule has 1 unspecified atom stereocenters. The molecule has 0 aliphatic carbocycles. The summed E-state index contributed by atoms with van der Waals surface area (Å²) in [5.41, 5.74) is 0. The Morgan fingerprint density at radius 1 is 1.39 bits per heavy atom. The van der Waals surface area contributed by atoms with E-state index in [4.69, 9.17) is 0 Å². The molecule has 18 heavy (non-hydrogen) atoms. The van der Waals surface area contributed by atoms with Crippen LogP contribution in [0.1, 0.15) is 13.8 Å². The summed E-state index contributed by atoms with van der Waals surface area (Å²) in [6.07, 6.45) is 2.08. The van der Waals surface area contributed by atoms with Gasteiger partial charge in [-0.25, -0.2) is 4.99 Å². The van der Waals surface area contributed by atoms with Gasteiger partial charge in [0.2, 0.25) is 5.91 Å². The lowest BCUT2D eigenvalue weighted by molar-refractivity contribution is -0.127. The monoisotopic (exact) mass is 388 g/mol. The van der Waals surface area contributed by atoms with Gasteiger partial charge in [-0.2, -0.15) is 11.8 Å². The summed E-state index contributed by atoms with van der Waals surface area (Å²) in [7, 11) is 3.46. The van der Waals surface area contributed by atoms with Gasteiger partial charge in [0.1, 0.15) is 6.54 Å². The van der Waals surface area contributed by atoms with Crippen molar-refractivity contribution in [2.75, 3.05) is 40.0 Å². The predicted molar refractivity (Wildman–Crippen MR) is 91.1 cm³/mol. The first-order valence-electron chi connectivity index (χ1n) is 5.76. The molecule has 0 rings (SSSR count). The fourth-order valence-corrected chi connectivity index (χ4v) is 1.20. The topological polar surface area (TPSA) is 56.7 Å². The zero-order valence-electron chi connectivity index (χ0n) is 11.8. The molecule has 0 aliphatic heterocycles. The first kappa shape index (κ1) is 20.1. The molecular weight excluding hydrogens is 363 g/mol. The molecule has 0 aliphatic rings. The van der Waals surface area contributed by atoms with E-state index in [2.05, 4.69) is 28.8 Å². The van der Waals surface area contributed by atoms with E-state index in [1.807, 2.05) is 6.92 Å². The number of likely N-dealkylation sites (N-methyl/N-ethyl adjacent to an activating group) is 1. The van der Waals surface area contributed by atoms with E-state index >= 15 is 0 Å². The van der Waals surface area contributed by atoms with Gasteiger partial charge in [0.05, 0.1) is 0 Å². The van der Waals surface area contributed by atoms with Gasteiger partial charge in [-0.05, 0) is 13.2 Å². The van der Waals surface area contributed by atoms with Crippen LogP contribution in [0.2, 0.25) is 0 Å². The molecule has 108 valence electrons. The third-order valence-electron chi connectivity index (χ3n) is 2.17. The van der Waals surface area contributed by atoms with Gasteiger partial charge in [0, 0.05) is 32.4 Å². The number of carbonyl (C=O) groups excluding carboxylic acids is 1. The number of amides is 1. The van der Waals surface area contributed by atoms with Crippen LogP contribution in [-0.4, -0.2) is 62.0 Å². The average Bonchev–Trinajstić information content (AvgIpc) is 2.31. The van der Waals surface area contributed by atoms with Crippen LogP contribution < -0.4 is 10.6 Å². The van der Waals surface area contributed by atoms with Crippen molar-refractivity contribution in [3.63, 3.8) is 0 Å². The highest BCUT2D eigenvalue weighted by molar-refractivity contribution is 14.0. The average molecular weight is 388 g/mol. The third kappa shape index (κ3) is 9.81. The zero-order chi connectivity index (χ0) is 13.3. The maximum Gasteiger partial charge on any atom is 0.243 e. The molecule has 0 fully saturated rings. The maximum absolute atomic E-state index is 11.4. The first-order valence-corrected chi connectivity index (χ1v) is 7.05. The second kappa shape index (κ2) is 11.9. The highest BCUT2D eigenvalue weighted by atomic mass is 127. The van der Waals surface area contributed by atoms with E-state index in [1.54, 1.807) is 25.9 Å². The van der Waals surface area contributed by atoms with Crippen LogP contribution in [0.4, 0.5) is 0 Å². The maximum atomic E-state index is 11.4. The lowest BCUT2D eigenvalue weighted by atomic mass is 10.5. The number of rotatable bonds is 6. The Kier molecular flexibility index (Phi) is 13.3. The van der Waals surface area contributed by atoms with Gasteiger partial charge in [-0.3, -0.25) is 4.79 Å². The van der Waals surface area contributed by atoms with Gasteiger partial charge >= 0.3 is 0 Å². The number of thioether (sulfide) groups is 1. The Morgan fingerprint density at radius 2 is 2.00 bits per heavy atom. The molecule has 0 saturated heterocycles. The normalized spacial score (nSPS) is 12.4. The minimum atomic E-state index is 0. The second-order valence-electron chi connectivity index (χ2n) is 3.91. The van der Waals surface area contributed by atoms with Crippen molar-refractivity contribution in [3.05, 3.63) is 0 Å². The van der Waals surface area contributed by atoms with Gasteiger partial charge in [-0.1, -0.05) is 6.92 Å². The number of hydrogen-bond acceptors (Lipinski definition) is 3. The third-order valence-corrected chi connectivity index (χ3v) is 3.15. The molecule has 0 heterocycles. The molecule has 1 amide bonds. The molecule has 7 heteroatoms. The number of carbonyl (C=O) groups is 1. The number of halogens is 1. The summed E-state index contributed by atoms with van der Waals surface area (Å²) in [5, 5.41) is 6.85. The molecule has 0 radical (unpaired) electrons. The molecule has 0 aromatic rings. The summed E-state index contributed by atoms with van der Waals surface area (Å²) in [6.45, 7) is 5.95. The van der Waals surface area contributed by atoms with Crippen LogP contribution in [0.5, 0.6) is 0 Å². The number of nitrogens with zero attached hydrogens (tertiary/aromatic N) is 2. The first-order chi connectivity index (χ1) is 8.01. The summed E-state index contributed by atoms with van der Waals surface area (Å²) in [6, 6.07) is 0. The lowest BCUT2D eigenvalue weighted by Gasteiger charge is -2.14. The summed E-state index contributed by atoms with van der Waals surface area (Å²) < 4.78 is 0. The van der Waals surface area contributed by atoms with E-state index in [0.717, 1.165) is 13.1 Å². The van der Waals surface area contributed by atoms with E-state index in [1.165, 1.54) is 4.90 Å². The minimum Gasteiger partial charge on any atom is -0.357 e. The van der Waals surface area contributed by atoms with Crippen LogP contribution in [0.15, 0.2) is 4.99 Å². The van der Waals surface area contributed by atoms with Crippen molar-refractivity contribution in [2.24, 2.45) is 4.99 Å². The van der Waals surface area contributed by atoms with Crippen molar-refractivity contribution < 1.29 is 4.79 Å². The molecule has 2 N–H and O–H groups in total. The Labute approximate surface area is 132 Å². The van der Waals surface area contributed by atoms with Gasteiger partial charge in [0.25, 0.3) is 0 Å². The molecule has 0 aromatic heterocycles. The van der Waals surface area contributed by atoms with E-state index in [-0.39, 0.29) is 36.4 Å². The largest absolute Gasteiger partial charge is 0.357 e. The van der Waals surface area contributed by atoms with Crippen LogP contribution in [0.3, 0.4) is 0 Å². The van der Waals surface area contributed by atoms with Crippen molar-refractivity contribution in [2.45, 2.75) is 19.1 Å². The number of guanidine groups is 1.